The van der Waals surface area contributed by atoms with Crippen molar-refractivity contribution < 1.29 is 170 Å². The first-order valence-corrected chi connectivity index (χ1v) is 18.5. The van der Waals surface area contributed by atoms with E-state index < -0.39 is 63.5 Å². The first-order chi connectivity index (χ1) is 20.3. The Morgan fingerprint density at radius 2 is 0.417 bits per heavy atom. The molecule has 0 saturated heterocycles. The van der Waals surface area contributed by atoms with Crippen LogP contribution < -0.4 is 118 Å². The summed E-state index contributed by atoms with van der Waals surface area (Å²) in [6.45, 7) is 0. The SMILES string of the molecule is O=S(=O)([O-])Cc1ccccc1.O=S(=O)([O-])Cc1ccccc1.O=S(=O)([O-])Cc1ccccc1.O=S(=O)([O-])Cc1ccccc1.[Na+].[Na+].[Na+].[Na+]. The molecule has 0 aliphatic rings. The molecule has 0 spiro atoms. The molecule has 48 heavy (non-hydrogen) atoms. The summed E-state index contributed by atoms with van der Waals surface area (Å²) in [7, 11) is -16.5. The van der Waals surface area contributed by atoms with E-state index in [0.717, 1.165) is 0 Å². The van der Waals surface area contributed by atoms with Gasteiger partial charge in [-0.15, -0.1) is 0 Å². The summed E-state index contributed by atoms with van der Waals surface area (Å²) < 4.78 is 123. The second-order valence-corrected chi connectivity index (χ2v) is 14.4. The smallest absolute Gasteiger partial charge is 0.748 e. The Kier molecular flexibility index (Phi) is 32.3. The number of hydrogen-bond acceptors (Lipinski definition) is 12. The van der Waals surface area contributed by atoms with Crippen molar-refractivity contribution in [2.45, 2.75) is 23.0 Å². The van der Waals surface area contributed by atoms with E-state index in [4.69, 9.17) is 0 Å². The molecule has 240 valence electrons. The van der Waals surface area contributed by atoms with Crippen LogP contribution in [0, 0.1) is 0 Å². The van der Waals surface area contributed by atoms with E-state index in [1.54, 1.807) is 121 Å². The molecular formula is C28H28Na4O12S4. The van der Waals surface area contributed by atoms with Gasteiger partial charge in [-0.2, -0.15) is 0 Å². The van der Waals surface area contributed by atoms with Gasteiger partial charge in [0.2, 0.25) is 0 Å². The molecule has 0 saturated carbocycles. The fraction of sp³-hybridized carbons (Fsp3) is 0.143. The van der Waals surface area contributed by atoms with Crippen molar-refractivity contribution in [3.05, 3.63) is 144 Å². The summed E-state index contributed by atoms with van der Waals surface area (Å²) in [5.41, 5.74) is 2.12. The number of rotatable bonds is 8. The Bertz CT molecular complexity index is 1560. The third kappa shape index (κ3) is 34.9. The summed E-state index contributed by atoms with van der Waals surface area (Å²) in [6.07, 6.45) is 0. The van der Waals surface area contributed by atoms with Gasteiger partial charge in [-0.05, 0) is 22.3 Å². The van der Waals surface area contributed by atoms with Crippen LogP contribution in [0.15, 0.2) is 121 Å². The summed E-state index contributed by atoms with van der Waals surface area (Å²) in [5, 5.41) is 0. The maximum absolute atomic E-state index is 10.2. The molecule has 0 amide bonds. The fourth-order valence-electron chi connectivity index (χ4n) is 3.11. The first-order valence-electron chi connectivity index (χ1n) is 12.2. The quantitative estimate of drug-likeness (QED) is 0.120. The molecule has 0 bridgehead atoms. The minimum absolute atomic E-state index is 0. The zero-order chi connectivity index (χ0) is 33.3. The van der Waals surface area contributed by atoms with Gasteiger partial charge in [-0.3, -0.25) is 0 Å². The van der Waals surface area contributed by atoms with Crippen molar-refractivity contribution >= 4 is 40.5 Å². The van der Waals surface area contributed by atoms with Crippen LogP contribution in [0.5, 0.6) is 0 Å². The minimum atomic E-state index is -4.13. The van der Waals surface area contributed by atoms with Crippen molar-refractivity contribution in [3.63, 3.8) is 0 Å². The van der Waals surface area contributed by atoms with Crippen LogP contribution in [0.3, 0.4) is 0 Å². The summed E-state index contributed by atoms with van der Waals surface area (Å²) >= 11 is 0. The van der Waals surface area contributed by atoms with Crippen LogP contribution in [0.1, 0.15) is 22.3 Å². The monoisotopic (exact) mass is 776 g/mol. The first kappa shape index (κ1) is 55.3. The minimum Gasteiger partial charge on any atom is -0.748 e. The Labute approximate surface area is 371 Å². The van der Waals surface area contributed by atoms with Gasteiger partial charge in [0.15, 0.2) is 0 Å². The predicted molar refractivity (Wildman–Crippen MR) is 159 cm³/mol. The third-order valence-corrected chi connectivity index (χ3v) is 7.49. The molecule has 4 rings (SSSR count). The Morgan fingerprint density at radius 3 is 0.521 bits per heavy atom. The average molecular weight is 777 g/mol. The fourth-order valence-corrected chi connectivity index (χ4v) is 5.52. The van der Waals surface area contributed by atoms with E-state index in [0.29, 0.717) is 22.3 Å². The van der Waals surface area contributed by atoms with E-state index in [-0.39, 0.29) is 118 Å². The van der Waals surface area contributed by atoms with Crippen LogP contribution >= 0.6 is 0 Å². The average Bonchev–Trinajstić information content (AvgIpc) is 2.88. The second-order valence-electron chi connectivity index (χ2n) is 8.75. The van der Waals surface area contributed by atoms with E-state index in [2.05, 4.69) is 0 Å². The molecule has 0 aliphatic heterocycles. The Morgan fingerprint density at radius 1 is 0.292 bits per heavy atom. The van der Waals surface area contributed by atoms with E-state index in [1.807, 2.05) is 0 Å². The Balaban J connectivity index is -0.000000262. The van der Waals surface area contributed by atoms with Crippen molar-refractivity contribution in [3.8, 4) is 0 Å². The molecule has 20 heteroatoms. The van der Waals surface area contributed by atoms with Gasteiger partial charge in [-0.1, -0.05) is 121 Å². The zero-order valence-electron chi connectivity index (χ0n) is 26.9. The van der Waals surface area contributed by atoms with Gasteiger partial charge < -0.3 is 18.2 Å². The van der Waals surface area contributed by atoms with Gasteiger partial charge in [0.1, 0.15) is 0 Å². The topological polar surface area (TPSA) is 229 Å². The predicted octanol–water partition coefficient (Wildman–Crippen LogP) is -9.06. The Hall–Kier alpha value is 0.520. The van der Waals surface area contributed by atoms with Gasteiger partial charge in [0.05, 0.1) is 63.5 Å². The molecule has 0 atom stereocenters. The van der Waals surface area contributed by atoms with Gasteiger partial charge in [0, 0.05) is 0 Å². The summed E-state index contributed by atoms with van der Waals surface area (Å²) in [5.74, 6) is -1.69. The summed E-state index contributed by atoms with van der Waals surface area (Å²) in [4.78, 5) is 0. The molecule has 12 nitrogen and oxygen atoms in total. The molecule has 0 unspecified atom stereocenters. The number of hydrogen-bond donors (Lipinski definition) is 0. The molecular weight excluding hydrogens is 749 g/mol. The largest absolute Gasteiger partial charge is 1.00 e. The van der Waals surface area contributed by atoms with Crippen LogP contribution in [-0.2, 0) is 63.5 Å². The van der Waals surface area contributed by atoms with Crippen molar-refractivity contribution in [2.75, 3.05) is 0 Å². The maximum atomic E-state index is 10.2. The van der Waals surface area contributed by atoms with Crippen molar-refractivity contribution in [2.24, 2.45) is 0 Å². The molecule has 0 aromatic heterocycles. The van der Waals surface area contributed by atoms with Crippen molar-refractivity contribution in [1.29, 1.82) is 0 Å². The molecule has 0 fully saturated rings. The normalized spacial score (nSPS) is 10.4. The van der Waals surface area contributed by atoms with E-state index in [1.165, 1.54) is 0 Å². The molecule has 0 heterocycles. The standard InChI is InChI=1S/4C7H8O3S.4Na/c4*8-11(9,10)6-7-4-2-1-3-5-7;;;;/h4*1-5H,6H2,(H,8,9,10);;;;/q;;;;4*+1/p-4. The molecule has 0 aliphatic carbocycles. The van der Waals surface area contributed by atoms with Crippen LogP contribution in [0.2, 0.25) is 0 Å². The van der Waals surface area contributed by atoms with Crippen LogP contribution in [0.25, 0.3) is 0 Å². The molecule has 0 radical (unpaired) electrons. The van der Waals surface area contributed by atoms with E-state index in [9.17, 15) is 51.9 Å². The van der Waals surface area contributed by atoms with Gasteiger partial charge in [0.25, 0.3) is 0 Å². The van der Waals surface area contributed by atoms with Crippen LogP contribution in [-0.4, -0.2) is 51.9 Å². The molecule has 4 aromatic carbocycles. The third-order valence-electron chi connectivity index (χ3n) is 4.75. The zero-order valence-corrected chi connectivity index (χ0v) is 38.2. The van der Waals surface area contributed by atoms with Crippen LogP contribution in [0.4, 0.5) is 0 Å². The molecule has 0 N–H and O–H groups in total. The second kappa shape index (κ2) is 28.1. The van der Waals surface area contributed by atoms with Crippen molar-refractivity contribution in [1.82, 2.24) is 0 Å². The number of benzene rings is 4. The molecule has 4 aromatic rings. The summed E-state index contributed by atoms with van der Waals surface area (Å²) in [6, 6.07) is 33.5. The van der Waals surface area contributed by atoms with Gasteiger partial charge >= 0.3 is 118 Å². The van der Waals surface area contributed by atoms with Gasteiger partial charge in [-0.25, -0.2) is 33.7 Å². The maximum Gasteiger partial charge on any atom is 1.00 e. The van der Waals surface area contributed by atoms with E-state index >= 15 is 0 Å².